The van der Waals surface area contributed by atoms with Crippen LogP contribution >= 0.6 is 0 Å². The van der Waals surface area contributed by atoms with Crippen LogP contribution in [0, 0.1) is 5.92 Å². The fourth-order valence-corrected chi connectivity index (χ4v) is 4.30. The Morgan fingerprint density at radius 1 is 1.35 bits per heavy atom. The summed E-state index contributed by atoms with van der Waals surface area (Å²) in [7, 11) is -3.67. The molecule has 1 aliphatic heterocycles. The van der Waals surface area contributed by atoms with E-state index in [1.165, 1.54) is 0 Å². The zero-order valence-corrected chi connectivity index (χ0v) is 13.4. The minimum atomic E-state index is -3.67. The third-order valence-corrected chi connectivity index (χ3v) is 6.49. The van der Waals surface area contributed by atoms with Crippen molar-refractivity contribution in [2.45, 2.75) is 48.6 Å². The molecule has 4 N–H and O–H groups in total. The zero-order chi connectivity index (χ0) is 16.8. The molecular weight excluding hydrogens is 322 g/mol. The molecule has 3 fully saturated rings. The number of hydrogen-bond donors (Lipinski definition) is 4. The number of hydrogen-bond acceptors (Lipinski definition) is 6. The number of carbonyl (C=O) groups is 2. The summed E-state index contributed by atoms with van der Waals surface area (Å²) < 4.78 is 26.0. The van der Waals surface area contributed by atoms with Crippen LogP contribution in [0.25, 0.3) is 0 Å². The molecule has 0 aromatic rings. The predicted octanol–water partition coefficient (Wildman–Crippen LogP) is -1.62. The van der Waals surface area contributed by atoms with Crippen LogP contribution in [-0.4, -0.2) is 54.8 Å². The van der Waals surface area contributed by atoms with Gasteiger partial charge in [0.1, 0.15) is 5.54 Å². The number of β-amino-alcohol motifs (C(OH)–C–C–N with tert-alkyl or cyclic N) is 1. The van der Waals surface area contributed by atoms with Gasteiger partial charge >= 0.3 is 0 Å². The van der Waals surface area contributed by atoms with Crippen LogP contribution in [0.5, 0.6) is 0 Å². The molecule has 3 aliphatic rings. The number of nitrogens with one attached hydrogen (secondary N) is 3. The molecule has 1 heterocycles. The van der Waals surface area contributed by atoms with Crippen LogP contribution in [0.1, 0.15) is 25.7 Å². The quantitative estimate of drug-likeness (QED) is 0.430. The molecule has 0 bridgehead atoms. The Morgan fingerprint density at radius 3 is 2.52 bits per heavy atom. The molecule has 23 heavy (non-hydrogen) atoms. The smallest absolute Gasteiger partial charge is 0.259 e. The third-order valence-electron chi connectivity index (χ3n) is 4.67. The van der Waals surface area contributed by atoms with E-state index in [0.717, 1.165) is 0 Å². The molecule has 1 unspecified atom stereocenters. The van der Waals surface area contributed by atoms with Gasteiger partial charge < -0.3 is 15.7 Å². The summed E-state index contributed by atoms with van der Waals surface area (Å²) in [6, 6.07) is -0.583. The summed E-state index contributed by atoms with van der Waals surface area (Å²) in [6.07, 6.45) is 2.64. The first-order valence-electron chi connectivity index (χ1n) is 7.70. The van der Waals surface area contributed by atoms with E-state index in [0.29, 0.717) is 25.8 Å². The van der Waals surface area contributed by atoms with E-state index in [1.807, 2.05) is 0 Å². The monoisotopic (exact) mass is 343 g/mol. The zero-order valence-electron chi connectivity index (χ0n) is 12.6. The van der Waals surface area contributed by atoms with Gasteiger partial charge in [0.2, 0.25) is 15.9 Å². The number of aliphatic hydroxyl groups excluding tert-OH is 1. The molecule has 2 saturated carbocycles. The highest BCUT2D eigenvalue weighted by Crippen LogP contribution is 2.45. The SMILES string of the molecule is C=CC1C[C@]1(NC(=O)[C@@H]1C[C@@H](O)CN1)C(=O)NS(=O)(=O)C1CC1. The number of aliphatic hydroxyl groups is 1. The van der Waals surface area contributed by atoms with Gasteiger partial charge in [0.15, 0.2) is 0 Å². The molecule has 8 nitrogen and oxygen atoms in total. The summed E-state index contributed by atoms with van der Waals surface area (Å²) in [4.78, 5) is 24.7. The first-order valence-corrected chi connectivity index (χ1v) is 9.25. The van der Waals surface area contributed by atoms with Gasteiger partial charge in [-0.3, -0.25) is 14.3 Å². The average molecular weight is 343 g/mol. The molecule has 0 aromatic heterocycles. The molecule has 2 aliphatic carbocycles. The lowest BCUT2D eigenvalue weighted by Gasteiger charge is -2.21. The summed E-state index contributed by atoms with van der Waals surface area (Å²) in [6.45, 7) is 3.94. The van der Waals surface area contributed by atoms with Crippen molar-refractivity contribution in [3.05, 3.63) is 12.7 Å². The Bertz CT molecular complexity index is 645. The van der Waals surface area contributed by atoms with E-state index in [9.17, 15) is 23.1 Å². The standard InChI is InChI=1S/C14H21N3O5S/c1-2-8-6-14(8,13(20)17-23(21,22)10-3-4-10)16-12(19)11-5-9(18)7-15-11/h2,8-11,15,18H,1,3-7H2,(H,16,19)(H,17,20)/t8?,9-,11+,14-/m1/s1. The van der Waals surface area contributed by atoms with Gasteiger partial charge in [-0.25, -0.2) is 8.42 Å². The van der Waals surface area contributed by atoms with E-state index in [2.05, 4.69) is 21.9 Å². The predicted molar refractivity (Wildman–Crippen MR) is 81.7 cm³/mol. The van der Waals surface area contributed by atoms with E-state index in [-0.39, 0.29) is 12.3 Å². The Balaban J connectivity index is 1.68. The molecule has 2 amide bonds. The number of sulfonamides is 1. The van der Waals surface area contributed by atoms with E-state index in [4.69, 9.17) is 0 Å². The maximum atomic E-state index is 12.4. The van der Waals surface area contributed by atoms with Crippen molar-refractivity contribution in [1.82, 2.24) is 15.4 Å². The fourth-order valence-electron chi connectivity index (χ4n) is 2.94. The van der Waals surface area contributed by atoms with Gasteiger partial charge in [-0.05, 0) is 25.7 Å². The van der Waals surface area contributed by atoms with Crippen molar-refractivity contribution >= 4 is 21.8 Å². The molecular formula is C14H21N3O5S. The highest BCUT2D eigenvalue weighted by molar-refractivity contribution is 7.90. The van der Waals surface area contributed by atoms with Crippen LogP contribution in [0.3, 0.4) is 0 Å². The van der Waals surface area contributed by atoms with Gasteiger partial charge in [0.05, 0.1) is 17.4 Å². The Labute approximate surface area is 134 Å². The number of rotatable bonds is 6. The van der Waals surface area contributed by atoms with E-state index < -0.39 is 44.8 Å². The number of amides is 2. The van der Waals surface area contributed by atoms with Crippen molar-refractivity contribution in [2.75, 3.05) is 6.54 Å². The van der Waals surface area contributed by atoms with Crippen LogP contribution in [0.4, 0.5) is 0 Å². The topological polar surface area (TPSA) is 125 Å². The normalized spacial score (nSPS) is 36.3. The van der Waals surface area contributed by atoms with Crippen molar-refractivity contribution in [1.29, 1.82) is 0 Å². The Hall–Kier alpha value is -1.45. The lowest BCUT2D eigenvalue weighted by atomic mass is 10.1. The van der Waals surface area contributed by atoms with E-state index >= 15 is 0 Å². The second-order valence-electron chi connectivity index (χ2n) is 6.53. The van der Waals surface area contributed by atoms with Gasteiger partial charge in [0, 0.05) is 12.5 Å². The molecule has 1 saturated heterocycles. The lowest BCUT2D eigenvalue weighted by molar-refractivity contribution is -0.130. The van der Waals surface area contributed by atoms with Crippen molar-refractivity contribution in [2.24, 2.45) is 5.92 Å². The summed E-state index contributed by atoms with van der Waals surface area (Å²) in [5, 5.41) is 14.5. The largest absolute Gasteiger partial charge is 0.392 e. The minimum Gasteiger partial charge on any atom is -0.392 e. The summed E-state index contributed by atoms with van der Waals surface area (Å²) >= 11 is 0. The number of carbonyl (C=O) groups excluding carboxylic acids is 2. The maximum absolute atomic E-state index is 12.4. The van der Waals surface area contributed by atoms with Crippen molar-refractivity contribution < 1.29 is 23.1 Å². The van der Waals surface area contributed by atoms with Crippen LogP contribution in [0.15, 0.2) is 12.7 Å². The fraction of sp³-hybridized carbons (Fsp3) is 0.714. The second-order valence-corrected chi connectivity index (χ2v) is 8.49. The van der Waals surface area contributed by atoms with Crippen LogP contribution < -0.4 is 15.4 Å². The van der Waals surface area contributed by atoms with Gasteiger partial charge in [-0.1, -0.05) is 6.08 Å². The first-order chi connectivity index (χ1) is 10.8. The molecule has 3 rings (SSSR count). The molecule has 9 heteroatoms. The van der Waals surface area contributed by atoms with Crippen molar-refractivity contribution in [3.8, 4) is 0 Å². The molecule has 0 aromatic carbocycles. The van der Waals surface area contributed by atoms with Crippen LogP contribution in [0.2, 0.25) is 0 Å². The highest BCUT2D eigenvalue weighted by Gasteiger charge is 2.61. The van der Waals surface area contributed by atoms with Gasteiger partial charge in [0.25, 0.3) is 5.91 Å². The summed E-state index contributed by atoms with van der Waals surface area (Å²) in [5.41, 5.74) is -1.25. The van der Waals surface area contributed by atoms with Gasteiger partial charge in [-0.15, -0.1) is 6.58 Å². The van der Waals surface area contributed by atoms with Crippen LogP contribution in [-0.2, 0) is 19.6 Å². The van der Waals surface area contributed by atoms with Crippen molar-refractivity contribution in [3.63, 3.8) is 0 Å². The minimum absolute atomic E-state index is 0.267. The highest BCUT2D eigenvalue weighted by atomic mass is 32.2. The molecule has 0 spiro atoms. The maximum Gasteiger partial charge on any atom is 0.259 e. The third kappa shape index (κ3) is 3.13. The summed E-state index contributed by atoms with van der Waals surface area (Å²) in [5.74, 6) is -1.42. The lowest BCUT2D eigenvalue weighted by Crippen LogP contribution is -2.55. The molecule has 0 radical (unpaired) electrons. The molecule has 128 valence electrons. The Kier molecular flexibility index (Phi) is 3.97. The first kappa shape index (κ1) is 16.4. The second kappa shape index (κ2) is 5.57. The molecule has 4 atom stereocenters. The average Bonchev–Trinajstić information content (AvgIpc) is 3.37. The van der Waals surface area contributed by atoms with E-state index in [1.54, 1.807) is 6.08 Å². The van der Waals surface area contributed by atoms with Gasteiger partial charge in [-0.2, -0.15) is 0 Å². The Morgan fingerprint density at radius 2 is 2.04 bits per heavy atom.